The lowest BCUT2D eigenvalue weighted by molar-refractivity contribution is 0.590. The minimum absolute atomic E-state index is 0.106. The Morgan fingerprint density at radius 1 is 1.24 bits per heavy atom. The minimum atomic E-state index is -0.700. The summed E-state index contributed by atoms with van der Waals surface area (Å²) in [5.41, 5.74) is 1.18. The van der Waals surface area contributed by atoms with Gasteiger partial charge in [-0.05, 0) is 35.0 Å². The Balaban J connectivity index is 2.44. The van der Waals surface area contributed by atoms with E-state index in [0.29, 0.717) is 11.3 Å². The van der Waals surface area contributed by atoms with Crippen LogP contribution in [-0.4, -0.2) is 9.55 Å². The number of fused-ring (bicyclic) bond motifs is 1. The molecule has 0 bridgehead atoms. The number of rotatable bonds is 2. The highest BCUT2D eigenvalue weighted by atomic mass is 79.9. The van der Waals surface area contributed by atoms with Crippen molar-refractivity contribution in [3.8, 4) is 5.69 Å². The van der Waals surface area contributed by atoms with Gasteiger partial charge in [0.2, 0.25) is 0 Å². The molecule has 0 amide bonds. The summed E-state index contributed by atoms with van der Waals surface area (Å²) in [4.78, 5) is 4.24. The number of alkyl halides is 1. The van der Waals surface area contributed by atoms with Gasteiger partial charge in [0.05, 0.1) is 16.6 Å². The zero-order valence-corrected chi connectivity index (χ0v) is 13.3. The van der Waals surface area contributed by atoms with Crippen molar-refractivity contribution in [3.05, 3.63) is 58.3 Å². The van der Waals surface area contributed by atoms with Gasteiger partial charge in [0.1, 0.15) is 17.2 Å². The molecule has 6 heteroatoms. The quantitative estimate of drug-likeness (QED) is 0.554. The third-order valence-corrected chi connectivity index (χ3v) is 4.02. The van der Waals surface area contributed by atoms with Crippen LogP contribution in [0.5, 0.6) is 0 Å². The van der Waals surface area contributed by atoms with E-state index in [1.54, 1.807) is 11.5 Å². The summed E-state index contributed by atoms with van der Waals surface area (Å²) in [5.74, 6) is -0.889. The molecule has 1 heterocycles. The van der Waals surface area contributed by atoms with E-state index in [4.69, 9.17) is 11.6 Å². The Labute approximate surface area is 133 Å². The Morgan fingerprint density at radius 2 is 1.95 bits per heavy atom. The molecule has 108 valence electrons. The maximum Gasteiger partial charge on any atom is 0.153 e. The van der Waals surface area contributed by atoms with Crippen LogP contribution in [-0.2, 0) is 0 Å². The first kappa shape index (κ1) is 14.5. The minimum Gasteiger partial charge on any atom is -0.294 e. The Kier molecular flexibility index (Phi) is 3.71. The second-order valence-electron chi connectivity index (χ2n) is 4.63. The van der Waals surface area contributed by atoms with Gasteiger partial charge < -0.3 is 0 Å². The van der Waals surface area contributed by atoms with Crippen LogP contribution in [0.1, 0.15) is 18.1 Å². The topological polar surface area (TPSA) is 17.8 Å². The van der Waals surface area contributed by atoms with E-state index in [2.05, 4.69) is 20.9 Å². The Bertz CT molecular complexity index is 830. The average Bonchev–Trinajstić information content (AvgIpc) is 2.79. The number of hydrogen-bond donors (Lipinski definition) is 0. The van der Waals surface area contributed by atoms with E-state index in [1.807, 2.05) is 24.3 Å². The van der Waals surface area contributed by atoms with Gasteiger partial charge in [-0.1, -0.05) is 12.1 Å². The van der Waals surface area contributed by atoms with Crippen LogP contribution in [0.15, 0.2) is 40.9 Å². The Morgan fingerprint density at radius 3 is 2.62 bits per heavy atom. The normalized spacial score (nSPS) is 12.8. The van der Waals surface area contributed by atoms with Crippen LogP contribution in [0.2, 0.25) is 0 Å². The molecule has 0 aliphatic carbocycles. The Hall–Kier alpha value is -1.46. The summed E-state index contributed by atoms with van der Waals surface area (Å²) < 4.78 is 30.0. The predicted molar refractivity (Wildman–Crippen MR) is 83.0 cm³/mol. The largest absolute Gasteiger partial charge is 0.294 e. The molecular weight excluding hydrogens is 362 g/mol. The molecule has 1 unspecified atom stereocenters. The van der Waals surface area contributed by atoms with Crippen LogP contribution < -0.4 is 0 Å². The van der Waals surface area contributed by atoms with E-state index in [9.17, 15) is 8.78 Å². The zero-order valence-electron chi connectivity index (χ0n) is 10.9. The lowest BCUT2D eigenvalue weighted by Gasteiger charge is -2.12. The molecule has 0 N–H and O–H groups in total. The van der Waals surface area contributed by atoms with Crippen LogP contribution >= 0.6 is 27.5 Å². The fourth-order valence-electron chi connectivity index (χ4n) is 2.27. The van der Waals surface area contributed by atoms with E-state index < -0.39 is 17.0 Å². The van der Waals surface area contributed by atoms with E-state index in [1.165, 1.54) is 6.07 Å². The highest BCUT2D eigenvalue weighted by Gasteiger charge is 2.20. The molecule has 0 saturated heterocycles. The van der Waals surface area contributed by atoms with Gasteiger partial charge in [-0.2, -0.15) is 0 Å². The molecule has 2 nitrogen and oxygen atoms in total. The van der Waals surface area contributed by atoms with Gasteiger partial charge in [-0.25, -0.2) is 13.8 Å². The number of nitrogens with zero attached hydrogens (tertiary/aromatic N) is 2. The van der Waals surface area contributed by atoms with E-state index in [0.717, 1.165) is 16.2 Å². The molecule has 0 fully saturated rings. The lowest BCUT2D eigenvalue weighted by Crippen LogP contribution is -2.02. The molecule has 1 aromatic heterocycles. The maximum atomic E-state index is 13.9. The summed E-state index contributed by atoms with van der Waals surface area (Å²) in [6, 6.07) is 9.45. The van der Waals surface area contributed by atoms with Crippen molar-refractivity contribution in [2.24, 2.45) is 0 Å². The molecule has 21 heavy (non-hydrogen) atoms. The van der Waals surface area contributed by atoms with E-state index in [-0.39, 0.29) is 5.52 Å². The van der Waals surface area contributed by atoms with Gasteiger partial charge >= 0.3 is 0 Å². The summed E-state index contributed by atoms with van der Waals surface area (Å²) in [7, 11) is 0. The smallest absolute Gasteiger partial charge is 0.153 e. The van der Waals surface area contributed by atoms with Crippen LogP contribution in [0, 0.1) is 11.6 Å². The molecular formula is C15H10BrClF2N2. The number of hydrogen-bond acceptors (Lipinski definition) is 1. The first-order chi connectivity index (χ1) is 9.99. The summed E-state index contributed by atoms with van der Waals surface area (Å²) in [5, 5.41) is -0.452. The van der Waals surface area contributed by atoms with Crippen molar-refractivity contribution in [2.75, 3.05) is 0 Å². The second-order valence-corrected chi connectivity index (χ2v) is 6.14. The first-order valence-corrected chi connectivity index (χ1v) is 7.48. The summed E-state index contributed by atoms with van der Waals surface area (Å²) >= 11 is 9.60. The number of imidazole rings is 1. The van der Waals surface area contributed by atoms with Crippen molar-refractivity contribution >= 4 is 38.6 Å². The standard InChI is InChI=1S/C15H10BrClF2N2/c1-8(17)15-20-14-11(19)6-9(18)7-13(14)21(15)12-5-3-2-4-10(12)16/h2-8H,1H3. The first-order valence-electron chi connectivity index (χ1n) is 6.25. The predicted octanol–water partition coefficient (Wildman–Crippen LogP) is 5.37. The SMILES string of the molecule is CC(Cl)c1nc2c(F)cc(F)cc2n1-c1ccccc1Br. The van der Waals surface area contributed by atoms with Crippen LogP contribution in [0.25, 0.3) is 16.7 Å². The monoisotopic (exact) mass is 370 g/mol. The van der Waals surface area contributed by atoms with Gasteiger partial charge in [-0.15, -0.1) is 11.6 Å². The van der Waals surface area contributed by atoms with Crippen LogP contribution in [0.4, 0.5) is 8.78 Å². The molecule has 0 saturated carbocycles. The van der Waals surface area contributed by atoms with Gasteiger partial charge in [0, 0.05) is 16.6 Å². The van der Waals surface area contributed by atoms with Gasteiger partial charge in [0.15, 0.2) is 5.82 Å². The summed E-state index contributed by atoms with van der Waals surface area (Å²) in [6.45, 7) is 1.74. The fourth-order valence-corrected chi connectivity index (χ4v) is 2.88. The van der Waals surface area contributed by atoms with Gasteiger partial charge in [-0.3, -0.25) is 4.57 Å². The molecule has 3 rings (SSSR count). The van der Waals surface area contributed by atoms with Crippen molar-refractivity contribution < 1.29 is 8.78 Å². The highest BCUT2D eigenvalue weighted by molar-refractivity contribution is 9.10. The lowest BCUT2D eigenvalue weighted by atomic mass is 10.2. The van der Waals surface area contributed by atoms with Crippen molar-refractivity contribution in [3.63, 3.8) is 0 Å². The van der Waals surface area contributed by atoms with Crippen molar-refractivity contribution in [1.82, 2.24) is 9.55 Å². The molecule has 1 atom stereocenters. The van der Waals surface area contributed by atoms with Crippen LogP contribution in [0.3, 0.4) is 0 Å². The second kappa shape index (κ2) is 5.39. The van der Waals surface area contributed by atoms with Crippen molar-refractivity contribution in [1.29, 1.82) is 0 Å². The fraction of sp³-hybridized carbons (Fsp3) is 0.133. The maximum absolute atomic E-state index is 13.9. The zero-order chi connectivity index (χ0) is 15.1. The van der Waals surface area contributed by atoms with Gasteiger partial charge in [0.25, 0.3) is 0 Å². The molecule has 0 aliphatic heterocycles. The number of benzene rings is 2. The molecule has 0 aliphatic rings. The number of para-hydroxylation sites is 1. The third-order valence-electron chi connectivity index (χ3n) is 3.15. The molecule has 0 spiro atoms. The number of halogens is 4. The third kappa shape index (κ3) is 2.45. The number of aromatic nitrogens is 2. The van der Waals surface area contributed by atoms with E-state index >= 15 is 0 Å². The molecule has 2 aromatic carbocycles. The molecule has 3 aromatic rings. The average molecular weight is 372 g/mol. The summed E-state index contributed by atoms with van der Waals surface area (Å²) in [6.07, 6.45) is 0. The molecule has 0 radical (unpaired) electrons. The van der Waals surface area contributed by atoms with Crippen molar-refractivity contribution in [2.45, 2.75) is 12.3 Å². The highest BCUT2D eigenvalue weighted by Crippen LogP contribution is 2.32.